The minimum absolute atomic E-state index is 0.276. The average Bonchev–Trinajstić information content (AvgIpc) is 3.19. The summed E-state index contributed by atoms with van der Waals surface area (Å²) in [6.07, 6.45) is -3.83. The van der Waals surface area contributed by atoms with Crippen molar-refractivity contribution in [1.82, 2.24) is 9.55 Å². The fourth-order valence-electron chi connectivity index (χ4n) is 4.32. The summed E-state index contributed by atoms with van der Waals surface area (Å²) in [6.45, 7) is -0.423. The number of para-hydroxylation sites is 1. The zero-order valence-electron chi connectivity index (χ0n) is 18.3. The molecule has 4 aromatic rings. The molecule has 0 radical (unpaired) electrons. The van der Waals surface area contributed by atoms with Crippen molar-refractivity contribution in [2.45, 2.75) is 37.8 Å². The second-order valence-corrected chi connectivity index (χ2v) is 8.26. The molecule has 1 saturated heterocycles. The molecular weight excluding hydrogens is 440 g/mol. The van der Waals surface area contributed by atoms with Gasteiger partial charge in [0.15, 0.2) is 0 Å². The Kier molecular flexibility index (Phi) is 6.36. The van der Waals surface area contributed by atoms with Crippen LogP contribution in [0.2, 0.25) is 0 Å². The first-order chi connectivity index (χ1) is 16.6. The van der Waals surface area contributed by atoms with E-state index in [4.69, 9.17) is 14.2 Å². The number of aromatic amines is 1. The summed E-state index contributed by atoms with van der Waals surface area (Å²) in [5, 5.41) is 31.5. The van der Waals surface area contributed by atoms with Gasteiger partial charge in [0.2, 0.25) is 6.29 Å². The van der Waals surface area contributed by atoms with Crippen LogP contribution in [-0.2, 0) is 22.4 Å². The van der Waals surface area contributed by atoms with E-state index in [9.17, 15) is 20.1 Å². The molecule has 9 heteroatoms. The number of aliphatic hydroxyl groups is 3. The van der Waals surface area contributed by atoms with E-state index in [-0.39, 0.29) is 5.69 Å². The maximum Gasteiger partial charge on any atom is 0.326 e. The van der Waals surface area contributed by atoms with E-state index >= 15 is 0 Å². The van der Waals surface area contributed by atoms with E-state index in [2.05, 4.69) is 35.3 Å². The number of aliphatic hydroxyl groups excluding tert-OH is 3. The number of fused-ring (bicyclic) bond motifs is 2. The average molecular weight is 466 g/mol. The molecule has 1 aromatic heterocycles. The number of aromatic nitrogens is 2. The predicted octanol–water partition coefficient (Wildman–Crippen LogP) is 1.52. The Bertz CT molecular complexity index is 1350. The van der Waals surface area contributed by atoms with Crippen LogP contribution in [0.1, 0.15) is 5.56 Å². The lowest BCUT2D eigenvalue weighted by molar-refractivity contribution is -0.337. The number of H-pyrrole nitrogens is 1. The first kappa shape index (κ1) is 22.6. The highest BCUT2D eigenvalue weighted by molar-refractivity contribution is 5.83. The molecule has 4 N–H and O–H groups in total. The minimum Gasteiger partial charge on any atom is -0.457 e. The van der Waals surface area contributed by atoms with Crippen LogP contribution in [0.4, 0.5) is 0 Å². The molecule has 4 unspecified atom stereocenters. The molecule has 0 saturated carbocycles. The van der Waals surface area contributed by atoms with Crippen molar-refractivity contribution in [2.75, 3.05) is 13.2 Å². The second-order valence-electron chi connectivity index (χ2n) is 8.26. The van der Waals surface area contributed by atoms with E-state index < -0.39 is 38.0 Å². The number of hydrogen-bond acceptors (Lipinski definition) is 7. The normalized spacial score (nSPS) is 22.9. The molecule has 9 nitrogen and oxygen atoms in total. The third-order valence-electron chi connectivity index (χ3n) is 6.07. The zero-order valence-corrected chi connectivity index (χ0v) is 18.3. The van der Waals surface area contributed by atoms with E-state index in [1.54, 1.807) is 22.8 Å². The molecule has 0 amide bonds. The molecule has 5 rings (SSSR count). The van der Waals surface area contributed by atoms with Crippen molar-refractivity contribution in [3.05, 3.63) is 76.7 Å². The molecule has 4 atom stereocenters. The van der Waals surface area contributed by atoms with Gasteiger partial charge in [0.05, 0.1) is 18.7 Å². The summed E-state index contributed by atoms with van der Waals surface area (Å²) >= 11 is 0. The van der Waals surface area contributed by atoms with Crippen LogP contribution in [0.3, 0.4) is 0 Å². The van der Waals surface area contributed by atoms with Crippen LogP contribution in [0.15, 0.2) is 65.5 Å². The Balaban J connectivity index is 1.41. The fraction of sp³-hybridized carbons (Fsp3) is 0.320. The Hall–Kier alpha value is -3.21. The lowest BCUT2D eigenvalue weighted by Gasteiger charge is -2.37. The van der Waals surface area contributed by atoms with Gasteiger partial charge in [-0.3, -0.25) is 4.57 Å². The lowest BCUT2D eigenvalue weighted by atomic mass is 10.1. The molecule has 178 valence electrons. The van der Waals surface area contributed by atoms with Crippen LogP contribution in [0, 0.1) is 0 Å². The molecule has 2 heterocycles. The number of nitrogens with zero attached hydrogens (tertiary/aromatic N) is 1. The van der Waals surface area contributed by atoms with Gasteiger partial charge in [0.25, 0.3) is 6.29 Å². The van der Waals surface area contributed by atoms with Gasteiger partial charge in [0.1, 0.15) is 23.5 Å². The first-order valence-corrected chi connectivity index (χ1v) is 11.1. The van der Waals surface area contributed by atoms with Gasteiger partial charge in [-0.2, -0.15) is 0 Å². The van der Waals surface area contributed by atoms with Gasteiger partial charge in [-0.05, 0) is 34.9 Å². The van der Waals surface area contributed by atoms with Gasteiger partial charge in [-0.25, -0.2) is 4.79 Å². The summed E-state index contributed by atoms with van der Waals surface area (Å²) in [5.74, 6) is 0.321. The van der Waals surface area contributed by atoms with Crippen LogP contribution >= 0.6 is 0 Å². The number of imidazole rings is 1. The quantitative estimate of drug-likeness (QED) is 0.325. The summed E-state index contributed by atoms with van der Waals surface area (Å²) in [6, 6.07) is 19.5. The first-order valence-electron chi connectivity index (χ1n) is 11.1. The van der Waals surface area contributed by atoms with Gasteiger partial charge in [-0.15, -0.1) is 0 Å². The van der Waals surface area contributed by atoms with Gasteiger partial charge in [-0.1, -0.05) is 48.5 Å². The molecule has 1 fully saturated rings. The number of rotatable bonds is 7. The van der Waals surface area contributed by atoms with E-state index in [1.807, 2.05) is 12.1 Å². The van der Waals surface area contributed by atoms with E-state index in [0.29, 0.717) is 29.7 Å². The van der Waals surface area contributed by atoms with Gasteiger partial charge < -0.3 is 34.5 Å². The third-order valence-corrected chi connectivity index (χ3v) is 6.07. The predicted molar refractivity (Wildman–Crippen MR) is 125 cm³/mol. The lowest BCUT2D eigenvalue weighted by Crippen LogP contribution is -2.54. The maximum atomic E-state index is 12.7. The van der Waals surface area contributed by atoms with Crippen LogP contribution in [0.25, 0.3) is 21.8 Å². The summed E-state index contributed by atoms with van der Waals surface area (Å²) < 4.78 is 18.4. The SMILES string of the molecule is O=c1[nH]c2cccc(OC3OC(CO)C(CO)OC3O)c2n1CCc1ccc2ccccc2c1. The van der Waals surface area contributed by atoms with Gasteiger partial charge in [0, 0.05) is 6.54 Å². The van der Waals surface area contributed by atoms with Crippen molar-refractivity contribution in [3.8, 4) is 5.75 Å². The van der Waals surface area contributed by atoms with Crippen molar-refractivity contribution in [2.24, 2.45) is 0 Å². The minimum atomic E-state index is -1.48. The van der Waals surface area contributed by atoms with E-state index in [1.165, 1.54) is 0 Å². The molecule has 1 aliphatic heterocycles. The molecule has 0 aliphatic carbocycles. The third kappa shape index (κ3) is 4.31. The summed E-state index contributed by atoms with van der Waals surface area (Å²) in [4.78, 5) is 15.6. The number of hydrogen-bond donors (Lipinski definition) is 4. The van der Waals surface area contributed by atoms with Crippen LogP contribution in [0.5, 0.6) is 5.75 Å². The Morgan fingerprint density at radius 1 is 0.941 bits per heavy atom. The van der Waals surface area contributed by atoms with Crippen molar-refractivity contribution in [1.29, 1.82) is 0 Å². The zero-order chi connectivity index (χ0) is 23.7. The van der Waals surface area contributed by atoms with Crippen molar-refractivity contribution < 1.29 is 29.5 Å². The number of ether oxygens (including phenoxy) is 3. The maximum absolute atomic E-state index is 12.7. The second kappa shape index (κ2) is 9.57. The van der Waals surface area contributed by atoms with Crippen molar-refractivity contribution in [3.63, 3.8) is 0 Å². The Labute approximate surface area is 194 Å². The highest BCUT2D eigenvalue weighted by atomic mass is 16.8. The van der Waals surface area contributed by atoms with Crippen molar-refractivity contribution >= 4 is 21.8 Å². The largest absolute Gasteiger partial charge is 0.457 e. The fourth-order valence-corrected chi connectivity index (χ4v) is 4.32. The van der Waals surface area contributed by atoms with Crippen LogP contribution < -0.4 is 10.4 Å². The highest BCUT2D eigenvalue weighted by Gasteiger charge is 2.39. The summed E-state index contributed by atoms with van der Waals surface area (Å²) in [7, 11) is 0. The van der Waals surface area contributed by atoms with E-state index in [0.717, 1.165) is 16.3 Å². The molecule has 3 aromatic carbocycles. The molecule has 0 bridgehead atoms. The smallest absolute Gasteiger partial charge is 0.326 e. The molecular formula is C25H26N2O7. The number of nitrogens with one attached hydrogen (secondary N) is 1. The van der Waals surface area contributed by atoms with Gasteiger partial charge >= 0.3 is 5.69 Å². The monoisotopic (exact) mass is 466 g/mol. The highest BCUT2D eigenvalue weighted by Crippen LogP contribution is 2.28. The Morgan fingerprint density at radius 2 is 1.71 bits per heavy atom. The molecule has 34 heavy (non-hydrogen) atoms. The number of aryl methyl sites for hydroxylation is 2. The topological polar surface area (TPSA) is 126 Å². The number of benzene rings is 3. The molecule has 0 spiro atoms. The standard InChI is InChI=1S/C25H26N2O7/c28-13-20-21(14-29)34-24(23(30)32-20)33-19-7-3-6-18-22(19)27(25(31)26-18)11-10-15-8-9-16-4-1-2-5-17(16)12-15/h1-9,12,20-21,23-24,28-30H,10-11,13-14H2,(H,26,31). The van der Waals surface area contributed by atoms with Crippen LogP contribution in [-0.4, -0.2) is 62.9 Å². The Morgan fingerprint density at radius 3 is 2.50 bits per heavy atom. The molecule has 1 aliphatic rings. The summed E-state index contributed by atoms with van der Waals surface area (Å²) in [5.41, 5.74) is 1.94.